The Bertz CT molecular complexity index is 1200. The summed E-state index contributed by atoms with van der Waals surface area (Å²) in [5.41, 5.74) is 1.59. The van der Waals surface area contributed by atoms with Gasteiger partial charge >= 0.3 is 0 Å². The highest BCUT2D eigenvalue weighted by molar-refractivity contribution is 7.89. The van der Waals surface area contributed by atoms with Gasteiger partial charge in [0.2, 0.25) is 10.0 Å². The summed E-state index contributed by atoms with van der Waals surface area (Å²) >= 11 is 0. The molecule has 0 saturated heterocycles. The largest absolute Gasteiger partial charge is 0.284 e. The lowest BCUT2D eigenvalue weighted by Crippen LogP contribution is -2.13. The van der Waals surface area contributed by atoms with Gasteiger partial charge < -0.3 is 0 Å². The number of nitriles is 1. The minimum absolute atomic E-state index is 0.0890. The van der Waals surface area contributed by atoms with Crippen LogP contribution < -0.4 is 10.7 Å². The van der Waals surface area contributed by atoms with Gasteiger partial charge in [0.15, 0.2) is 0 Å². The third-order valence-corrected chi connectivity index (χ3v) is 5.01. The summed E-state index contributed by atoms with van der Waals surface area (Å²) in [5.74, 6) is 0.349. The summed E-state index contributed by atoms with van der Waals surface area (Å²) in [6, 6.07) is 11.2. The van der Waals surface area contributed by atoms with E-state index in [4.69, 9.17) is 10.4 Å². The lowest BCUT2D eigenvalue weighted by atomic mass is 10.0. The smallest absolute Gasteiger partial charge is 0.271 e. The van der Waals surface area contributed by atoms with Gasteiger partial charge in [-0.05, 0) is 41.8 Å². The van der Waals surface area contributed by atoms with Crippen LogP contribution in [0.25, 0.3) is 22.0 Å². The van der Waals surface area contributed by atoms with Crippen molar-refractivity contribution in [3.05, 3.63) is 52.3 Å². The zero-order chi connectivity index (χ0) is 19.1. The first kappa shape index (κ1) is 17.9. The predicted octanol–water partition coefficient (Wildman–Crippen LogP) is 2.17. The van der Waals surface area contributed by atoms with Crippen LogP contribution in [-0.2, 0) is 16.6 Å². The molecular formula is C18H18N4O3S. The summed E-state index contributed by atoms with van der Waals surface area (Å²) in [6.07, 6.45) is 0. The van der Waals surface area contributed by atoms with Crippen molar-refractivity contribution in [2.45, 2.75) is 25.3 Å². The Kier molecular flexibility index (Phi) is 4.44. The predicted molar refractivity (Wildman–Crippen MR) is 98.9 cm³/mol. The van der Waals surface area contributed by atoms with E-state index in [1.54, 1.807) is 22.9 Å². The lowest BCUT2D eigenvalue weighted by molar-refractivity contribution is 0.492. The van der Waals surface area contributed by atoms with E-state index in [2.05, 4.69) is 5.10 Å². The van der Waals surface area contributed by atoms with Crippen molar-refractivity contribution in [2.75, 3.05) is 0 Å². The third-order valence-electron chi connectivity index (χ3n) is 4.04. The van der Waals surface area contributed by atoms with E-state index in [0.29, 0.717) is 34.5 Å². The second kappa shape index (κ2) is 6.44. The van der Waals surface area contributed by atoms with Gasteiger partial charge in [-0.25, -0.2) is 13.6 Å². The fourth-order valence-electron chi connectivity index (χ4n) is 2.95. The number of primary sulfonamides is 1. The van der Waals surface area contributed by atoms with E-state index in [1.807, 2.05) is 19.9 Å². The fourth-order valence-corrected chi connectivity index (χ4v) is 3.69. The first-order valence-corrected chi connectivity index (χ1v) is 9.55. The van der Waals surface area contributed by atoms with E-state index < -0.39 is 10.0 Å². The molecule has 0 bridgehead atoms. The summed E-state index contributed by atoms with van der Waals surface area (Å²) in [5, 5.41) is 17.7. The van der Waals surface area contributed by atoms with Gasteiger partial charge in [0.05, 0.1) is 27.4 Å². The van der Waals surface area contributed by atoms with Crippen LogP contribution in [0.1, 0.15) is 19.4 Å². The van der Waals surface area contributed by atoms with Gasteiger partial charge in [-0.3, -0.25) is 14.6 Å². The highest BCUT2D eigenvalue weighted by Gasteiger charge is 2.17. The number of hydrogen-bond donors (Lipinski definition) is 2. The SMILES string of the molecule is CC(C)Cn1[nH]c(=O)c2cc(-c3cc(C#N)ccc3S(N)(=O)=O)ccc21. The van der Waals surface area contributed by atoms with Crippen LogP contribution in [0.3, 0.4) is 0 Å². The monoisotopic (exact) mass is 370 g/mol. The van der Waals surface area contributed by atoms with E-state index in [9.17, 15) is 13.2 Å². The van der Waals surface area contributed by atoms with E-state index in [-0.39, 0.29) is 10.5 Å². The molecule has 0 amide bonds. The Hall–Kier alpha value is -2.89. The number of benzene rings is 2. The molecule has 3 aromatic rings. The van der Waals surface area contributed by atoms with Gasteiger partial charge in [0.1, 0.15) is 0 Å². The molecule has 0 aliphatic rings. The zero-order valence-electron chi connectivity index (χ0n) is 14.4. The minimum Gasteiger partial charge on any atom is -0.284 e. The molecule has 2 aromatic carbocycles. The number of nitrogens with one attached hydrogen (secondary N) is 1. The zero-order valence-corrected chi connectivity index (χ0v) is 15.2. The van der Waals surface area contributed by atoms with Gasteiger partial charge in [-0.1, -0.05) is 19.9 Å². The van der Waals surface area contributed by atoms with Crippen LogP contribution >= 0.6 is 0 Å². The molecule has 0 saturated carbocycles. The fraction of sp³-hybridized carbons (Fsp3) is 0.222. The molecule has 0 unspecified atom stereocenters. The number of nitrogens with two attached hydrogens (primary N) is 1. The number of hydrogen-bond acceptors (Lipinski definition) is 4. The molecule has 134 valence electrons. The maximum absolute atomic E-state index is 12.3. The van der Waals surface area contributed by atoms with E-state index in [1.165, 1.54) is 18.2 Å². The molecule has 0 atom stereocenters. The van der Waals surface area contributed by atoms with Crippen molar-refractivity contribution in [1.29, 1.82) is 5.26 Å². The number of nitrogens with zero attached hydrogens (tertiary/aromatic N) is 2. The second-order valence-electron chi connectivity index (χ2n) is 6.55. The average Bonchev–Trinajstić information content (AvgIpc) is 2.88. The van der Waals surface area contributed by atoms with Crippen molar-refractivity contribution in [3.63, 3.8) is 0 Å². The first-order chi connectivity index (χ1) is 12.2. The van der Waals surface area contributed by atoms with Crippen LogP contribution in [0, 0.1) is 17.2 Å². The number of sulfonamides is 1. The Morgan fingerprint density at radius 3 is 2.58 bits per heavy atom. The Morgan fingerprint density at radius 2 is 1.96 bits per heavy atom. The Balaban J connectivity index is 2.26. The van der Waals surface area contributed by atoms with Crippen LogP contribution in [0.15, 0.2) is 46.1 Å². The molecule has 8 heteroatoms. The quantitative estimate of drug-likeness (QED) is 0.731. The van der Waals surface area contributed by atoms with Crippen LogP contribution in [-0.4, -0.2) is 18.2 Å². The summed E-state index contributed by atoms with van der Waals surface area (Å²) in [4.78, 5) is 12.2. The number of aromatic amines is 1. The van der Waals surface area contributed by atoms with Crippen molar-refractivity contribution in [1.82, 2.24) is 9.78 Å². The summed E-state index contributed by atoms with van der Waals surface area (Å²) < 4.78 is 25.6. The van der Waals surface area contributed by atoms with Gasteiger partial charge in [0.25, 0.3) is 5.56 Å². The molecule has 0 radical (unpaired) electrons. The molecule has 7 nitrogen and oxygen atoms in total. The molecule has 0 aliphatic heterocycles. The van der Waals surface area contributed by atoms with E-state index >= 15 is 0 Å². The normalized spacial score (nSPS) is 11.8. The van der Waals surface area contributed by atoms with Crippen LogP contribution in [0.4, 0.5) is 0 Å². The highest BCUT2D eigenvalue weighted by Crippen LogP contribution is 2.29. The van der Waals surface area contributed by atoms with Crippen LogP contribution in [0.5, 0.6) is 0 Å². The maximum atomic E-state index is 12.3. The van der Waals surface area contributed by atoms with Crippen molar-refractivity contribution >= 4 is 20.9 Å². The summed E-state index contributed by atoms with van der Waals surface area (Å²) in [7, 11) is -3.98. The van der Waals surface area contributed by atoms with Crippen molar-refractivity contribution < 1.29 is 8.42 Å². The number of H-pyrrole nitrogens is 1. The van der Waals surface area contributed by atoms with Gasteiger partial charge in [-0.2, -0.15) is 5.26 Å². The third kappa shape index (κ3) is 3.27. The maximum Gasteiger partial charge on any atom is 0.271 e. The lowest BCUT2D eigenvalue weighted by Gasteiger charge is -2.10. The molecule has 1 aromatic heterocycles. The average molecular weight is 370 g/mol. The highest BCUT2D eigenvalue weighted by atomic mass is 32.2. The molecule has 26 heavy (non-hydrogen) atoms. The Labute approximate surface area is 150 Å². The molecule has 0 spiro atoms. The number of fused-ring (bicyclic) bond motifs is 1. The second-order valence-corrected chi connectivity index (χ2v) is 8.07. The van der Waals surface area contributed by atoms with Crippen LogP contribution in [0.2, 0.25) is 0 Å². The molecular weight excluding hydrogens is 352 g/mol. The topological polar surface area (TPSA) is 122 Å². The molecule has 1 heterocycles. The Morgan fingerprint density at radius 1 is 1.23 bits per heavy atom. The van der Waals surface area contributed by atoms with E-state index in [0.717, 1.165) is 5.52 Å². The van der Waals surface area contributed by atoms with Gasteiger partial charge in [-0.15, -0.1) is 0 Å². The number of rotatable bonds is 4. The van der Waals surface area contributed by atoms with Crippen molar-refractivity contribution in [2.24, 2.45) is 11.1 Å². The van der Waals surface area contributed by atoms with Crippen molar-refractivity contribution in [3.8, 4) is 17.2 Å². The number of aromatic nitrogens is 2. The molecule has 3 N–H and O–H groups in total. The molecule has 3 rings (SSSR count). The molecule has 0 aliphatic carbocycles. The standard InChI is InChI=1S/C18H18N4O3S/c1-11(2)10-22-16-5-4-13(8-15(16)18(23)21-22)14-7-12(9-19)3-6-17(14)26(20,24)25/h3-8,11H,10H2,1-2H3,(H,21,23)(H2,20,24,25). The minimum atomic E-state index is -3.98. The summed E-state index contributed by atoms with van der Waals surface area (Å²) in [6.45, 7) is 4.75. The van der Waals surface area contributed by atoms with Gasteiger partial charge in [0, 0.05) is 12.1 Å². The first-order valence-electron chi connectivity index (χ1n) is 8.00. The molecule has 0 fully saturated rings.